The fraction of sp³-hybridized carbons (Fsp3) is 0.500. The first-order valence-corrected chi connectivity index (χ1v) is 3.08. The van der Waals surface area contributed by atoms with E-state index < -0.39 is 11.6 Å². The van der Waals surface area contributed by atoms with Crippen LogP contribution in [0.3, 0.4) is 0 Å². The van der Waals surface area contributed by atoms with E-state index in [4.69, 9.17) is 0 Å². The summed E-state index contributed by atoms with van der Waals surface area (Å²) >= 11 is 0. The molecule has 1 aromatic rings. The maximum Gasteiger partial charge on any atom is 0.323 e. The molecule has 0 bridgehead atoms. The van der Waals surface area contributed by atoms with Gasteiger partial charge in [-0.05, 0) is 6.92 Å². The third-order valence-electron chi connectivity index (χ3n) is 1.35. The van der Waals surface area contributed by atoms with E-state index in [2.05, 4.69) is 4.98 Å². The Kier molecular flexibility index (Phi) is 1.58. The zero-order valence-electron chi connectivity index (χ0n) is 6.16. The molecule has 0 radical (unpaired) electrons. The van der Waals surface area contributed by atoms with Gasteiger partial charge >= 0.3 is 5.69 Å². The maximum absolute atomic E-state index is 12.5. The number of hydrogen-bond acceptors (Lipinski definition) is 1. The number of aryl methyl sites for hydroxylation is 1. The van der Waals surface area contributed by atoms with Crippen molar-refractivity contribution in [2.75, 3.05) is 0 Å². The summed E-state index contributed by atoms with van der Waals surface area (Å²) in [6, 6.07) is 0. The standard InChI is InChI=1S/C6H8F2N2O/c1-3-4(6(2,7)8)10-5(11)9-3/h1-2H3,(H2,9,10,11). The normalized spacial score (nSPS) is 12.0. The van der Waals surface area contributed by atoms with Gasteiger partial charge in [0.25, 0.3) is 5.92 Å². The Hall–Kier alpha value is -1.13. The molecule has 0 aliphatic carbocycles. The molecule has 0 aliphatic rings. The predicted octanol–water partition coefficient (Wildman–Crippen LogP) is 1.12. The van der Waals surface area contributed by atoms with E-state index >= 15 is 0 Å². The zero-order valence-corrected chi connectivity index (χ0v) is 6.16. The molecule has 0 aliphatic heterocycles. The summed E-state index contributed by atoms with van der Waals surface area (Å²) in [6.07, 6.45) is 0. The van der Waals surface area contributed by atoms with Gasteiger partial charge in [0.05, 0.1) is 0 Å². The molecule has 2 N–H and O–H groups in total. The molecule has 1 heterocycles. The Bertz CT molecular complexity index is 307. The third-order valence-corrected chi connectivity index (χ3v) is 1.35. The van der Waals surface area contributed by atoms with Crippen LogP contribution in [0.4, 0.5) is 8.78 Å². The summed E-state index contributed by atoms with van der Waals surface area (Å²) in [5.74, 6) is -2.98. The molecule has 0 aromatic carbocycles. The van der Waals surface area contributed by atoms with Crippen molar-refractivity contribution in [2.45, 2.75) is 19.8 Å². The fourth-order valence-electron chi connectivity index (χ4n) is 0.910. The number of halogens is 2. The Balaban J connectivity index is 3.24. The summed E-state index contributed by atoms with van der Waals surface area (Å²) in [5, 5.41) is 0. The lowest BCUT2D eigenvalue weighted by molar-refractivity contribution is 0.0124. The number of alkyl halides is 2. The highest BCUT2D eigenvalue weighted by Gasteiger charge is 2.28. The van der Waals surface area contributed by atoms with Gasteiger partial charge in [-0.2, -0.15) is 8.78 Å². The lowest BCUT2D eigenvalue weighted by Crippen LogP contribution is -2.11. The third kappa shape index (κ3) is 1.47. The van der Waals surface area contributed by atoms with E-state index in [1.165, 1.54) is 6.92 Å². The number of H-pyrrole nitrogens is 2. The minimum absolute atomic E-state index is 0.183. The summed E-state index contributed by atoms with van der Waals surface area (Å²) < 4.78 is 25.1. The average Bonchev–Trinajstić information content (AvgIpc) is 2.08. The number of hydrogen-bond donors (Lipinski definition) is 2. The molecule has 0 atom stereocenters. The molecule has 0 saturated heterocycles. The number of aromatic nitrogens is 2. The molecule has 0 unspecified atom stereocenters. The summed E-state index contributed by atoms with van der Waals surface area (Å²) in [4.78, 5) is 14.8. The predicted molar refractivity (Wildman–Crippen MR) is 35.7 cm³/mol. The highest BCUT2D eigenvalue weighted by atomic mass is 19.3. The zero-order chi connectivity index (χ0) is 8.65. The van der Waals surface area contributed by atoms with Crippen LogP contribution in [0.25, 0.3) is 0 Å². The van der Waals surface area contributed by atoms with Gasteiger partial charge in [-0.15, -0.1) is 0 Å². The van der Waals surface area contributed by atoms with Crippen molar-refractivity contribution in [2.24, 2.45) is 0 Å². The Morgan fingerprint density at radius 1 is 1.36 bits per heavy atom. The first kappa shape index (κ1) is 7.97. The van der Waals surface area contributed by atoms with E-state index in [0.29, 0.717) is 0 Å². The van der Waals surface area contributed by atoms with E-state index in [0.717, 1.165) is 6.92 Å². The number of nitrogens with one attached hydrogen (secondary N) is 2. The Morgan fingerprint density at radius 3 is 2.09 bits per heavy atom. The number of rotatable bonds is 1. The topological polar surface area (TPSA) is 48.6 Å². The van der Waals surface area contributed by atoms with Crippen molar-refractivity contribution in [3.8, 4) is 0 Å². The van der Waals surface area contributed by atoms with Gasteiger partial charge in [-0.3, -0.25) is 0 Å². The van der Waals surface area contributed by atoms with E-state index in [-0.39, 0.29) is 11.4 Å². The Labute approximate surface area is 61.4 Å². The van der Waals surface area contributed by atoms with Gasteiger partial charge in [-0.1, -0.05) is 0 Å². The average molecular weight is 162 g/mol. The van der Waals surface area contributed by atoms with Gasteiger partial charge in [0.2, 0.25) is 0 Å². The van der Waals surface area contributed by atoms with Gasteiger partial charge in [0.15, 0.2) is 0 Å². The van der Waals surface area contributed by atoms with Gasteiger partial charge in [0, 0.05) is 12.6 Å². The number of imidazole rings is 1. The minimum atomic E-state index is -2.98. The lowest BCUT2D eigenvalue weighted by atomic mass is 10.2. The highest BCUT2D eigenvalue weighted by molar-refractivity contribution is 5.13. The molecule has 0 amide bonds. The molecule has 11 heavy (non-hydrogen) atoms. The molecule has 1 aromatic heterocycles. The second kappa shape index (κ2) is 2.18. The minimum Gasteiger partial charge on any atom is -0.310 e. The van der Waals surface area contributed by atoms with E-state index in [9.17, 15) is 13.6 Å². The van der Waals surface area contributed by atoms with Crippen LogP contribution in [0.1, 0.15) is 18.3 Å². The molecule has 0 saturated carbocycles. The van der Waals surface area contributed by atoms with Crippen molar-refractivity contribution in [1.82, 2.24) is 9.97 Å². The lowest BCUT2D eigenvalue weighted by Gasteiger charge is -2.07. The SMILES string of the molecule is Cc1[nH]c(=O)[nH]c1C(C)(F)F. The molecule has 0 spiro atoms. The van der Waals surface area contributed by atoms with Crippen molar-refractivity contribution in [1.29, 1.82) is 0 Å². The second-order valence-electron chi connectivity index (χ2n) is 2.47. The maximum atomic E-state index is 12.5. The monoisotopic (exact) mass is 162 g/mol. The highest BCUT2D eigenvalue weighted by Crippen LogP contribution is 2.25. The summed E-state index contributed by atoms with van der Waals surface area (Å²) in [7, 11) is 0. The van der Waals surface area contributed by atoms with E-state index in [1.54, 1.807) is 0 Å². The molecule has 3 nitrogen and oxygen atoms in total. The van der Waals surface area contributed by atoms with Crippen LogP contribution in [0.15, 0.2) is 4.79 Å². The van der Waals surface area contributed by atoms with Crippen molar-refractivity contribution in [3.63, 3.8) is 0 Å². The summed E-state index contributed by atoms with van der Waals surface area (Å²) in [5.41, 5.74) is -0.760. The van der Waals surface area contributed by atoms with Crippen molar-refractivity contribution >= 4 is 0 Å². The van der Waals surface area contributed by atoms with Gasteiger partial charge in [0.1, 0.15) is 5.69 Å². The van der Waals surface area contributed by atoms with Crippen LogP contribution in [0.5, 0.6) is 0 Å². The fourth-order valence-corrected chi connectivity index (χ4v) is 0.910. The second-order valence-corrected chi connectivity index (χ2v) is 2.47. The quantitative estimate of drug-likeness (QED) is 0.638. The molecule has 0 fully saturated rings. The van der Waals surface area contributed by atoms with Crippen LogP contribution in [0.2, 0.25) is 0 Å². The van der Waals surface area contributed by atoms with Crippen LogP contribution < -0.4 is 5.69 Å². The van der Waals surface area contributed by atoms with Gasteiger partial charge < -0.3 is 9.97 Å². The number of aromatic amines is 2. The van der Waals surface area contributed by atoms with Crippen LogP contribution in [-0.4, -0.2) is 9.97 Å². The van der Waals surface area contributed by atoms with Crippen LogP contribution in [0, 0.1) is 6.92 Å². The van der Waals surface area contributed by atoms with E-state index in [1.807, 2.05) is 4.98 Å². The first-order chi connectivity index (χ1) is 4.91. The molecule has 1 rings (SSSR count). The van der Waals surface area contributed by atoms with Crippen LogP contribution >= 0.6 is 0 Å². The molecular formula is C6H8F2N2O. The Morgan fingerprint density at radius 2 is 1.91 bits per heavy atom. The molecule has 5 heteroatoms. The van der Waals surface area contributed by atoms with Gasteiger partial charge in [-0.25, -0.2) is 4.79 Å². The largest absolute Gasteiger partial charge is 0.323 e. The summed E-state index contributed by atoms with van der Waals surface area (Å²) in [6.45, 7) is 2.16. The first-order valence-electron chi connectivity index (χ1n) is 3.08. The molecule has 62 valence electrons. The van der Waals surface area contributed by atoms with Crippen LogP contribution in [-0.2, 0) is 5.92 Å². The van der Waals surface area contributed by atoms with Crippen molar-refractivity contribution < 1.29 is 8.78 Å². The van der Waals surface area contributed by atoms with Crippen molar-refractivity contribution in [3.05, 3.63) is 21.9 Å². The molecular weight excluding hydrogens is 154 g/mol. The smallest absolute Gasteiger partial charge is 0.310 e.